The van der Waals surface area contributed by atoms with E-state index in [1.165, 1.54) is 0 Å². The Balaban J connectivity index is 2.38. The van der Waals surface area contributed by atoms with Crippen LogP contribution in [0.1, 0.15) is 11.3 Å². The van der Waals surface area contributed by atoms with Gasteiger partial charge in [0.15, 0.2) is 0 Å². The van der Waals surface area contributed by atoms with Gasteiger partial charge in [-0.2, -0.15) is 10.4 Å². The summed E-state index contributed by atoms with van der Waals surface area (Å²) >= 11 is 5.18. The monoisotopic (exact) mass is 266 g/mol. The highest BCUT2D eigenvalue weighted by atomic mass is 32.1. The number of aryl methyl sites for hydroxylation is 1. The van der Waals surface area contributed by atoms with E-state index in [9.17, 15) is 0 Å². The van der Waals surface area contributed by atoms with Gasteiger partial charge in [-0.1, -0.05) is 30.4 Å². The molecule has 0 aliphatic rings. The van der Waals surface area contributed by atoms with Crippen LogP contribution in [0.3, 0.4) is 0 Å². The molecular formula is C14H10N4S. The highest BCUT2D eigenvalue weighted by molar-refractivity contribution is 7.71. The van der Waals surface area contributed by atoms with Crippen molar-refractivity contribution in [2.24, 2.45) is 0 Å². The lowest BCUT2D eigenvalue weighted by molar-refractivity contribution is 0.877. The Hall–Kier alpha value is -2.45. The van der Waals surface area contributed by atoms with Gasteiger partial charge in [0.1, 0.15) is 16.4 Å². The van der Waals surface area contributed by atoms with Gasteiger partial charge in [-0.05, 0) is 25.1 Å². The van der Waals surface area contributed by atoms with Crippen LogP contribution in [0.5, 0.6) is 0 Å². The molecule has 0 atom stereocenters. The number of hydrogen-bond donors (Lipinski definition) is 1. The lowest BCUT2D eigenvalue weighted by atomic mass is 10.2. The molecule has 1 N–H and O–H groups in total. The highest BCUT2D eigenvalue weighted by Crippen LogP contribution is 2.21. The number of para-hydroxylation sites is 1. The van der Waals surface area contributed by atoms with Crippen LogP contribution < -0.4 is 0 Å². The van der Waals surface area contributed by atoms with E-state index in [1.807, 2.05) is 41.9 Å². The Kier molecular flexibility index (Phi) is 2.65. The second kappa shape index (κ2) is 4.34. The van der Waals surface area contributed by atoms with Crippen molar-refractivity contribution >= 4 is 23.3 Å². The fourth-order valence-corrected chi connectivity index (χ4v) is 2.26. The van der Waals surface area contributed by atoms with Gasteiger partial charge in [0.2, 0.25) is 0 Å². The van der Waals surface area contributed by atoms with Crippen LogP contribution in [-0.2, 0) is 0 Å². The molecule has 1 aromatic carbocycles. The van der Waals surface area contributed by atoms with Crippen LogP contribution in [0, 0.1) is 22.9 Å². The number of aromatic amines is 1. The van der Waals surface area contributed by atoms with E-state index in [2.05, 4.69) is 16.2 Å². The molecule has 0 bridgehead atoms. The maximum atomic E-state index is 9.03. The molecule has 0 radical (unpaired) electrons. The Morgan fingerprint density at radius 1 is 1.32 bits per heavy atom. The molecule has 2 aromatic heterocycles. The van der Waals surface area contributed by atoms with E-state index in [-0.39, 0.29) is 0 Å². The number of nitrogens with zero attached hydrogens (tertiary/aromatic N) is 3. The quantitative estimate of drug-likeness (QED) is 0.688. The second-order valence-electron chi connectivity index (χ2n) is 4.22. The molecule has 92 valence electrons. The Bertz CT molecular complexity index is 853. The minimum Gasteiger partial charge on any atom is -0.330 e. The number of benzene rings is 1. The van der Waals surface area contributed by atoms with Gasteiger partial charge in [0.05, 0.1) is 16.9 Å². The summed E-state index contributed by atoms with van der Waals surface area (Å²) < 4.78 is 2.24. The molecule has 0 aliphatic heterocycles. The summed E-state index contributed by atoms with van der Waals surface area (Å²) in [6.07, 6.45) is 0. The molecule has 3 aromatic rings. The minimum absolute atomic E-state index is 0.437. The molecule has 2 heterocycles. The molecule has 0 saturated carbocycles. The van der Waals surface area contributed by atoms with E-state index < -0.39 is 0 Å². The van der Waals surface area contributed by atoms with Gasteiger partial charge in [-0.25, -0.2) is 4.68 Å². The highest BCUT2D eigenvalue weighted by Gasteiger charge is 2.11. The average Bonchev–Trinajstić information content (AvgIpc) is 2.75. The molecule has 4 nitrogen and oxygen atoms in total. The topological polar surface area (TPSA) is 57.4 Å². The number of nitrogens with one attached hydrogen (secondary N) is 1. The predicted molar refractivity (Wildman–Crippen MR) is 75.7 cm³/mol. The van der Waals surface area contributed by atoms with Crippen LogP contribution in [0.15, 0.2) is 36.4 Å². The lowest BCUT2D eigenvalue weighted by Gasteiger charge is -2.02. The number of hydrogen-bond acceptors (Lipinski definition) is 3. The average molecular weight is 266 g/mol. The van der Waals surface area contributed by atoms with Crippen molar-refractivity contribution in [3.8, 4) is 11.8 Å². The molecule has 3 rings (SSSR count). The normalized spacial score (nSPS) is 10.5. The fourth-order valence-electron chi connectivity index (χ4n) is 2.06. The number of H-pyrrole nitrogens is 1. The zero-order valence-electron chi connectivity index (χ0n) is 10.2. The molecule has 19 heavy (non-hydrogen) atoms. The summed E-state index contributed by atoms with van der Waals surface area (Å²) in [4.78, 5) is 3.09. The van der Waals surface area contributed by atoms with Crippen molar-refractivity contribution in [1.82, 2.24) is 14.8 Å². The van der Waals surface area contributed by atoms with Crippen molar-refractivity contribution in [3.05, 3.63) is 52.3 Å². The van der Waals surface area contributed by atoms with Crippen molar-refractivity contribution < 1.29 is 0 Å². The maximum Gasteiger partial charge on any atom is 0.142 e. The summed E-state index contributed by atoms with van der Waals surface area (Å²) in [5.74, 6) is 0. The van der Waals surface area contributed by atoms with Gasteiger partial charge in [0, 0.05) is 5.39 Å². The van der Waals surface area contributed by atoms with Crippen molar-refractivity contribution in [2.75, 3.05) is 0 Å². The molecule has 0 amide bonds. The van der Waals surface area contributed by atoms with E-state index in [1.54, 1.807) is 6.07 Å². The van der Waals surface area contributed by atoms with Gasteiger partial charge in [-0.3, -0.25) is 0 Å². The van der Waals surface area contributed by atoms with Crippen LogP contribution in [0.4, 0.5) is 0 Å². The zero-order chi connectivity index (χ0) is 13.4. The summed E-state index contributed by atoms with van der Waals surface area (Å²) in [6.45, 7) is 1.92. The molecule has 0 spiro atoms. The first-order valence-electron chi connectivity index (χ1n) is 5.79. The SMILES string of the molecule is Cc1nn(-c2ccccc2)c2[nH]c(=S)c(C#N)cc12. The molecule has 0 saturated heterocycles. The third-order valence-corrected chi connectivity index (χ3v) is 3.32. The molecule has 0 aliphatic carbocycles. The Morgan fingerprint density at radius 3 is 2.74 bits per heavy atom. The Labute approximate surface area is 114 Å². The first-order chi connectivity index (χ1) is 9.20. The third kappa shape index (κ3) is 1.83. The maximum absolute atomic E-state index is 9.03. The summed E-state index contributed by atoms with van der Waals surface area (Å²) in [5, 5.41) is 14.4. The minimum atomic E-state index is 0.437. The molecule has 0 unspecified atom stereocenters. The van der Waals surface area contributed by atoms with Crippen molar-refractivity contribution in [2.45, 2.75) is 6.92 Å². The summed E-state index contributed by atoms with van der Waals surface area (Å²) in [7, 11) is 0. The van der Waals surface area contributed by atoms with E-state index in [0.29, 0.717) is 10.2 Å². The number of pyridine rings is 1. The van der Waals surface area contributed by atoms with E-state index >= 15 is 0 Å². The number of rotatable bonds is 1. The Morgan fingerprint density at radius 2 is 2.05 bits per heavy atom. The summed E-state index contributed by atoms with van der Waals surface area (Å²) in [5.41, 5.74) is 3.10. The smallest absolute Gasteiger partial charge is 0.142 e. The van der Waals surface area contributed by atoms with Crippen LogP contribution >= 0.6 is 12.2 Å². The van der Waals surface area contributed by atoms with Crippen LogP contribution in [-0.4, -0.2) is 14.8 Å². The van der Waals surface area contributed by atoms with Crippen LogP contribution in [0.25, 0.3) is 16.7 Å². The molecular weight excluding hydrogens is 256 g/mol. The van der Waals surface area contributed by atoms with Gasteiger partial charge >= 0.3 is 0 Å². The lowest BCUT2D eigenvalue weighted by Crippen LogP contribution is -1.97. The van der Waals surface area contributed by atoms with Crippen LogP contribution in [0.2, 0.25) is 0 Å². The van der Waals surface area contributed by atoms with Gasteiger partial charge in [-0.15, -0.1) is 0 Å². The largest absolute Gasteiger partial charge is 0.330 e. The number of fused-ring (bicyclic) bond motifs is 1. The van der Waals surface area contributed by atoms with Crippen molar-refractivity contribution in [1.29, 1.82) is 5.26 Å². The predicted octanol–water partition coefficient (Wildman–Crippen LogP) is 3.26. The first kappa shape index (κ1) is 11.6. The van der Waals surface area contributed by atoms with Gasteiger partial charge < -0.3 is 4.98 Å². The van der Waals surface area contributed by atoms with Gasteiger partial charge in [0.25, 0.3) is 0 Å². The molecule has 5 heteroatoms. The molecule has 0 fully saturated rings. The first-order valence-corrected chi connectivity index (χ1v) is 6.19. The standard InChI is InChI=1S/C14H10N4S/c1-9-12-7-10(8-15)14(19)16-13(12)18(17-9)11-5-3-2-4-6-11/h2-7H,1H3,(H,16,19). The van der Waals surface area contributed by atoms with E-state index in [0.717, 1.165) is 22.4 Å². The summed E-state index contributed by atoms with van der Waals surface area (Å²) in [6, 6.07) is 13.7. The number of nitriles is 1. The number of aromatic nitrogens is 3. The van der Waals surface area contributed by atoms with E-state index in [4.69, 9.17) is 17.5 Å². The van der Waals surface area contributed by atoms with Crippen molar-refractivity contribution in [3.63, 3.8) is 0 Å². The second-order valence-corrected chi connectivity index (χ2v) is 4.63. The third-order valence-electron chi connectivity index (χ3n) is 2.99. The fraction of sp³-hybridized carbons (Fsp3) is 0.0714. The zero-order valence-corrected chi connectivity index (χ0v) is 11.0.